The monoisotopic (exact) mass is 499 g/mol. The number of rotatable bonds is 5. The number of nitrogens with one attached hydrogen (secondary N) is 2. The highest BCUT2D eigenvalue weighted by molar-refractivity contribution is 7.86. The molecule has 1 aliphatic rings. The molecule has 0 bridgehead atoms. The van der Waals surface area contributed by atoms with Crippen molar-refractivity contribution in [2.45, 2.75) is 17.5 Å². The van der Waals surface area contributed by atoms with Gasteiger partial charge in [0, 0.05) is 18.1 Å². The summed E-state index contributed by atoms with van der Waals surface area (Å²) in [5.74, 6) is 0. The zero-order chi connectivity index (χ0) is 23.7. The van der Waals surface area contributed by atoms with E-state index < -0.39 is 22.7 Å². The van der Waals surface area contributed by atoms with Gasteiger partial charge >= 0.3 is 6.18 Å². The Kier molecular flexibility index (Phi) is 6.24. The number of aromatic nitrogens is 1. The van der Waals surface area contributed by atoms with Gasteiger partial charge in [-0.05, 0) is 70.3 Å². The molecule has 174 valence electrons. The van der Waals surface area contributed by atoms with Crippen molar-refractivity contribution < 1.29 is 17.4 Å². The maximum Gasteiger partial charge on any atom is 0.416 e. The highest BCUT2D eigenvalue weighted by Crippen LogP contribution is 2.39. The molecule has 4 nitrogen and oxygen atoms in total. The Bertz CT molecular complexity index is 1400. The van der Waals surface area contributed by atoms with E-state index >= 15 is 0 Å². The fourth-order valence-electron chi connectivity index (χ4n) is 4.11. The van der Waals surface area contributed by atoms with Gasteiger partial charge in [-0.2, -0.15) is 13.2 Å². The molecule has 1 unspecified atom stereocenters. The predicted molar refractivity (Wildman–Crippen MR) is 132 cm³/mol. The molecule has 3 aromatic carbocycles. The summed E-state index contributed by atoms with van der Waals surface area (Å²) in [6, 6.07) is 15.1. The topological polar surface area (TPSA) is 54.0 Å². The van der Waals surface area contributed by atoms with Gasteiger partial charge in [0.2, 0.25) is 0 Å². The molecule has 2 N–H and O–H groups in total. The molecule has 0 fully saturated rings. The maximum atomic E-state index is 13.5. The van der Waals surface area contributed by atoms with Crippen LogP contribution in [-0.4, -0.2) is 22.3 Å². The SMILES string of the molecule is O=S(Nc1nccs1)c1ccc2c(-c3ccc(C(F)(F)F)cc3C3=CCNCC3)cccc2c1. The molecule has 1 aromatic heterocycles. The molecule has 1 aliphatic heterocycles. The minimum atomic E-state index is -4.41. The van der Waals surface area contributed by atoms with Gasteiger partial charge in [0.05, 0.1) is 10.5 Å². The third-order valence-corrected chi connectivity index (χ3v) is 7.60. The van der Waals surface area contributed by atoms with Gasteiger partial charge in [0.1, 0.15) is 0 Å². The summed E-state index contributed by atoms with van der Waals surface area (Å²) in [6.45, 7) is 1.35. The summed E-state index contributed by atoms with van der Waals surface area (Å²) in [6.07, 6.45) is -0.164. The molecule has 9 heteroatoms. The first-order valence-corrected chi connectivity index (χ1v) is 12.7. The van der Waals surface area contributed by atoms with Gasteiger partial charge in [-0.3, -0.25) is 4.72 Å². The fraction of sp³-hybridized carbons (Fsp3) is 0.160. The summed E-state index contributed by atoms with van der Waals surface area (Å²) < 4.78 is 56.2. The minimum absolute atomic E-state index is 0.567. The van der Waals surface area contributed by atoms with Gasteiger partial charge in [-0.15, -0.1) is 11.3 Å². The van der Waals surface area contributed by atoms with Gasteiger partial charge in [0.15, 0.2) is 16.1 Å². The van der Waals surface area contributed by atoms with Crippen molar-refractivity contribution in [3.05, 3.63) is 83.4 Å². The van der Waals surface area contributed by atoms with Crippen LogP contribution in [-0.2, 0) is 17.2 Å². The highest BCUT2D eigenvalue weighted by Gasteiger charge is 2.31. The lowest BCUT2D eigenvalue weighted by Gasteiger charge is -2.20. The Balaban J connectivity index is 1.60. The third kappa shape index (κ3) is 4.64. The number of hydrogen-bond donors (Lipinski definition) is 2. The van der Waals surface area contributed by atoms with Gasteiger partial charge < -0.3 is 5.32 Å². The Morgan fingerprint density at radius 3 is 2.65 bits per heavy atom. The largest absolute Gasteiger partial charge is 0.416 e. The number of hydrogen-bond acceptors (Lipinski definition) is 4. The van der Waals surface area contributed by atoms with E-state index in [1.807, 2.05) is 36.4 Å². The first kappa shape index (κ1) is 22.8. The van der Waals surface area contributed by atoms with Crippen LogP contribution >= 0.6 is 11.3 Å². The van der Waals surface area contributed by atoms with Crippen molar-refractivity contribution in [2.75, 3.05) is 17.8 Å². The number of fused-ring (bicyclic) bond motifs is 1. The first-order valence-electron chi connectivity index (χ1n) is 10.6. The van der Waals surface area contributed by atoms with Gasteiger partial charge in [0.25, 0.3) is 0 Å². The lowest BCUT2D eigenvalue weighted by Crippen LogP contribution is -2.20. The second-order valence-electron chi connectivity index (χ2n) is 7.84. The molecule has 4 aromatic rings. The van der Waals surface area contributed by atoms with E-state index in [2.05, 4.69) is 15.0 Å². The number of nitrogens with zero attached hydrogens (tertiary/aromatic N) is 1. The van der Waals surface area contributed by atoms with Crippen LogP contribution < -0.4 is 10.0 Å². The van der Waals surface area contributed by atoms with Crippen LogP contribution in [0.5, 0.6) is 0 Å². The summed E-state index contributed by atoms with van der Waals surface area (Å²) in [5.41, 5.74) is 2.44. The van der Waals surface area contributed by atoms with E-state index in [1.165, 1.54) is 17.4 Å². The van der Waals surface area contributed by atoms with Crippen LogP contribution in [0.3, 0.4) is 0 Å². The molecule has 5 rings (SSSR count). The molecular formula is C25H20F3N3OS2. The predicted octanol–water partition coefficient (Wildman–Crippen LogP) is 6.49. The summed E-state index contributed by atoms with van der Waals surface area (Å²) in [4.78, 5) is 4.69. The average molecular weight is 500 g/mol. The van der Waals surface area contributed by atoms with E-state index in [0.717, 1.165) is 40.1 Å². The van der Waals surface area contributed by atoms with Gasteiger partial charge in [-0.25, -0.2) is 9.19 Å². The molecule has 0 radical (unpaired) electrons. The third-order valence-electron chi connectivity index (χ3n) is 5.73. The number of anilines is 1. The molecule has 2 heterocycles. The summed E-state index contributed by atoms with van der Waals surface area (Å²) in [5, 5.41) is 7.32. The highest BCUT2D eigenvalue weighted by atomic mass is 32.2. The van der Waals surface area contributed by atoms with Crippen molar-refractivity contribution in [1.29, 1.82) is 0 Å². The molecule has 34 heavy (non-hydrogen) atoms. The van der Waals surface area contributed by atoms with Crippen molar-refractivity contribution in [1.82, 2.24) is 10.3 Å². The van der Waals surface area contributed by atoms with Crippen LogP contribution in [0.4, 0.5) is 18.3 Å². The second-order valence-corrected chi connectivity index (χ2v) is 9.95. The zero-order valence-electron chi connectivity index (χ0n) is 17.9. The van der Waals surface area contributed by atoms with E-state index in [1.54, 1.807) is 23.7 Å². The van der Waals surface area contributed by atoms with Crippen molar-refractivity contribution in [3.8, 4) is 11.1 Å². The van der Waals surface area contributed by atoms with Crippen LogP contribution in [0.15, 0.2) is 77.1 Å². The second kappa shape index (κ2) is 9.32. The van der Waals surface area contributed by atoms with Crippen molar-refractivity contribution >= 4 is 43.8 Å². The number of halogens is 3. The van der Waals surface area contributed by atoms with Crippen LogP contribution in [0.25, 0.3) is 27.5 Å². The summed E-state index contributed by atoms with van der Waals surface area (Å²) in [7, 11) is -1.48. The quantitative estimate of drug-likeness (QED) is 0.330. The van der Waals surface area contributed by atoms with Crippen molar-refractivity contribution in [2.24, 2.45) is 0 Å². The van der Waals surface area contributed by atoms with Crippen molar-refractivity contribution in [3.63, 3.8) is 0 Å². The molecule has 0 spiro atoms. The number of thiazole rings is 1. The minimum Gasteiger partial charge on any atom is -0.313 e. The lowest BCUT2D eigenvalue weighted by molar-refractivity contribution is -0.137. The Morgan fingerprint density at radius 2 is 1.91 bits per heavy atom. The Morgan fingerprint density at radius 1 is 1.03 bits per heavy atom. The molecule has 0 saturated heterocycles. The normalized spacial score (nSPS) is 15.2. The number of benzene rings is 3. The average Bonchev–Trinajstić information content (AvgIpc) is 3.36. The molecule has 0 aliphatic carbocycles. The number of alkyl halides is 3. The molecule has 0 amide bonds. The lowest BCUT2D eigenvalue weighted by atomic mass is 9.88. The molecule has 0 saturated carbocycles. The Hall–Kier alpha value is -3.01. The zero-order valence-corrected chi connectivity index (χ0v) is 19.5. The smallest absolute Gasteiger partial charge is 0.313 e. The van der Waals surface area contributed by atoms with E-state index in [9.17, 15) is 17.4 Å². The summed E-state index contributed by atoms with van der Waals surface area (Å²) >= 11 is 1.36. The van der Waals surface area contributed by atoms with Crippen LogP contribution in [0.1, 0.15) is 17.5 Å². The molecule has 1 atom stereocenters. The van der Waals surface area contributed by atoms with Gasteiger partial charge in [-0.1, -0.05) is 36.4 Å². The standard InChI is InChI=1S/C25H20F3N3OS2/c26-25(27,28)18-4-6-22(23(15-18)16-8-10-29-11-9-16)21-3-1-2-17-14-19(5-7-20(17)21)34(32)31-24-30-12-13-33-24/h1-8,12-15,29H,9-11H2,(H,30,31). The van der Waals surface area contributed by atoms with E-state index in [4.69, 9.17) is 0 Å². The van der Waals surface area contributed by atoms with E-state index in [-0.39, 0.29) is 0 Å². The first-order chi connectivity index (χ1) is 16.4. The fourth-order valence-corrected chi connectivity index (χ4v) is 5.66. The maximum absolute atomic E-state index is 13.5. The Labute approximate surface area is 201 Å². The van der Waals surface area contributed by atoms with Crippen LogP contribution in [0, 0.1) is 0 Å². The molecular weight excluding hydrogens is 479 g/mol. The van der Waals surface area contributed by atoms with Crippen LogP contribution in [0.2, 0.25) is 0 Å². The van der Waals surface area contributed by atoms with E-state index in [0.29, 0.717) is 28.6 Å².